The molecule has 32 heavy (non-hydrogen) atoms. The van der Waals surface area contributed by atoms with Crippen LogP contribution in [0.2, 0.25) is 0 Å². The van der Waals surface area contributed by atoms with Gasteiger partial charge in [0, 0.05) is 10.9 Å². The van der Waals surface area contributed by atoms with Crippen LogP contribution in [0.1, 0.15) is 55.2 Å². The number of hydrogen-bond donors (Lipinski definition) is 0. The van der Waals surface area contributed by atoms with Gasteiger partial charge in [-0.05, 0) is 66.3 Å². The average molecular weight is 421 g/mol. The number of rotatable bonds is 5. The van der Waals surface area contributed by atoms with Gasteiger partial charge in [0.05, 0.1) is 6.10 Å². The SMILES string of the molecule is Cc1cc2ccccc2c(OC2CCCCCC2)c1/C=C\Cc1ccc2ccccc2c1. The van der Waals surface area contributed by atoms with E-state index in [-0.39, 0.29) is 0 Å². The second-order valence-electron chi connectivity index (χ2n) is 9.18. The fraction of sp³-hybridized carbons (Fsp3) is 0.290. The summed E-state index contributed by atoms with van der Waals surface area (Å²) in [6, 6.07) is 26.3. The maximum absolute atomic E-state index is 6.77. The smallest absolute Gasteiger partial charge is 0.135 e. The first kappa shape index (κ1) is 20.8. The highest BCUT2D eigenvalue weighted by Crippen LogP contribution is 2.36. The van der Waals surface area contributed by atoms with Gasteiger partial charge in [0.15, 0.2) is 0 Å². The van der Waals surface area contributed by atoms with Crippen molar-refractivity contribution < 1.29 is 4.74 Å². The van der Waals surface area contributed by atoms with Gasteiger partial charge >= 0.3 is 0 Å². The third-order valence-corrected chi connectivity index (χ3v) is 6.79. The van der Waals surface area contributed by atoms with Crippen LogP contribution in [0.4, 0.5) is 0 Å². The van der Waals surface area contributed by atoms with E-state index < -0.39 is 0 Å². The Morgan fingerprint density at radius 1 is 0.781 bits per heavy atom. The van der Waals surface area contributed by atoms with Crippen molar-refractivity contribution in [3.63, 3.8) is 0 Å². The Labute approximate surface area is 191 Å². The zero-order valence-corrected chi connectivity index (χ0v) is 19.0. The predicted molar refractivity (Wildman–Crippen MR) is 137 cm³/mol. The standard InChI is InChI=1S/C31H32O/c1-23-21-27-14-8-9-17-30(27)31(32-28-15-4-2-3-5-16-28)29(23)18-10-11-24-19-20-25-12-6-7-13-26(25)22-24/h6-10,12-14,17-22,28H,2-5,11,15-16H2,1H3/b18-10-. The molecular weight excluding hydrogens is 388 g/mol. The summed E-state index contributed by atoms with van der Waals surface area (Å²) in [5.41, 5.74) is 3.85. The molecule has 0 atom stereocenters. The van der Waals surface area contributed by atoms with E-state index in [0.717, 1.165) is 12.2 Å². The number of fused-ring (bicyclic) bond motifs is 2. The first-order valence-corrected chi connectivity index (χ1v) is 12.1. The van der Waals surface area contributed by atoms with Crippen molar-refractivity contribution in [2.24, 2.45) is 0 Å². The summed E-state index contributed by atoms with van der Waals surface area (Å²) >= 11 is 0. The maximum Gasteiger partial charge on any atom is 0.135 e. The minimum atomic E-state index is 0.329. The van der Waals surface area contributed by atoms with Crippen LogP contribution in [0.15, 0.2) is 78.9 Å². The molecule has 0 aliphatic heterocycles. The summed E-state index contributed by atoms with van der Waals surface area (Å²) in [6.07, 6.45) is 13.4. The van der Waals surface area contributed by atoms with Gasteiger partial charge in [-0.25, -0.2) is 0 Å². The van der Waals surface area contributed by atoms with E-state index >= 15 is 0 Å². The van der Waals surface area contributed by atoms with Crippen molar-refractivity contribution >= 4 is 27.6 Å². The molecule has 0 unspecified atom stereocenters. The van der Waals surface area contributed by atoms with Crippen molar-refractivity contribution in [1.29, 1.82) is 0 Å². The Morgan fingerprint density at radius 2 is 1.50 bits per heavy atom. The number of hydrogen-bond acceptors (Lipinski definition) is 1. The Bertz CT molecular complexity index is 1240. The second kappa shape index (κ2) is 9.61. The van der Waals surface area contributed by atoms with Gasteiger partial charge in [-0.3, -0.25) is 0 Å². The molecule has 0 aromatic heterocycles. The molecule has 1 nitrogen and oxygen atoms in total. The normalized spacial score (nSPS) is 15.4. The van der Waals surface area contributed by atoms with Crippen LogP contribution in [0.3, 0.4) is 0 Å². The molecule has 4 aromatic carbocycles. The van der Waals surface area contributed by atoms with Crippen molar-refractivity contribution in [2.75, 3.05) is 0 Å². The lowest BCUT2D eigenvalue weighted by atomic mass is 9.98. The molecule has 0 heterocycles. The summed E-state index contributed by atoms with van der Waals surface area (Å²) in [5, 5.41) is 5.09. The molecule has 1 fully saturated rings. The topological polar surface area (TPSA) is 9.23 Å². The lowest BCUT2D eigenvalue weighted by molar-refractivity contribution is 0.185. The zero-order chi connectivity index (χ0) is 21.8. The minimum Gasteiger partial charge on any atom is -0.489 e. The van der Waals surface area contributed by atoms with Gasteiger partial charge in [-0.1, -0.05) is 97.8 Å². The van der Waals surface area contributed by atoms with Gasteiger partial charge in [-0.15, -0.1) is 0 Å². The van der Waals surface area contributed by atoms with Crippen LogP contribution in [0.5, 0.6) is 5.75 Å². The van der Waals surface area contributed by atoms with Crippen LogP contribution >= 0.6 is 0 Å². The zero-order valence-electron chi connectivity index (χ0n) is 19.0. The van der Waals surface area contributed by atoms with E-state index in [2.05, 4.69) is 91.9 Å². The molecular formula is C31H32O. The molecule has 162 valence electrons. The molecule has 1 aliphatic rings. The highest BCUT2D eigenvalue weighted by atomic mass is 16.5. The molecule has 0 spiro atoms. The first-order valence-electron chi connectivity index (χ1n) is 12.1. The van der Waals surface area contributed by atoms with Crippen molar-refractivity contribution in [3.8, 4) is 5.75 Å². The molecule has 0 amide bonds. The van der Waals surface area contributed by atoms with E-state index in [0.29, 0.717) is 6.10 Å². The van der Waals surface area contributed by atoms with Crippen LogP contribution < -0.4 is 4.74 Å². The molecule has 4 aromatic rings. The predicted octanol–water partition coefficient (Wildman–Crippen LogP) is 8.66. The summed E-state index contributed by atoms with van der Waals surface area (Å²) in [7, 11) is 0. The summed E-state index contributed by atoms with van der Waals surface area (Å²) < 4.78 is 6.77. The highest BCUT2D eigenvalue weighted by molar-refractivity contribution is 5.93. The number of allylic oxidation sites excluding steroid dienone is 1. The summed E-state index contributed by atoms with van der Waals surface area (Å²) in [5.74, 6) is 1.07. The van der Waals surface area contributed by atoms with Crippen molar-refractivity contribution in [1.82, 2.24) is 0 Å². The Kier molecular flexibility index (Phi) is 6.25. The van der Waals surface area contributed by atoms with Crippen LogP contribution in [-0.4, -0.2) is 6.10 Å². The lowest BCUT2D eigenvalue weighted by Crippen LogP contribution is -2.16. The van der Waals surface area contributed by atoms with E-state index in [9.17, 15) is 0 Å². The molecule has 1 aliphatic carbocycles. The van der Waals surface area contributed by atoms with E-state index in [1.807, 2.05) is 0 Å². The Morgan fingerprint density at radius 3 is 2.31 bits per heavy atom. The van der Waals surface area contributed by atoms with Gasteiger partial charge in [-0.2, -0.15) is 0 Å². The molecule has 1 heteroatoms. The molecule has 0 saturated heterocycles. The monoisotopic (exact) mass is 420 g/mol. The highest BCUT2D eigenvalue weighted by Gasteiger charge is 2.18. The van der Waals surface area contributed by atoms with E-state index in [4.69, 9.17) is 4.74 Å². The molecule has 0 bridgehead atoms. The van der Waals surface area contributed by atoms with Gasteiger partial charge in [0.1, 0.15) is 5.75 Å². The van der Waals surface area contributed by atoms with Gasteiger partial charge in [0.25, 0.3) is 0 Å². The van der Waals surface area contributed by atoms with Crippen LogP contribution in [0.25, 0.3) is 27.6 Å². The maximum atomic E-state index is 6.77. The minimum absolute atomic E-state index is 0.329. The Balaban J connectivity index is 1.46. The fourth-order valence-corrected chi connectivity index (χ4v) is 5.00. The summed E-state index contributed by atoms with van der Waals surface area (Å²) in [6.45, 7) is 2.21. The Hall–Kier alpha value is -3.06. The fourth-order valence-electron chi connectivity index (χ4n) is 5.00. The molecule has 5 rings (SSSR count). The lowest BCUT2D eigenvalue weighted by Gasteiger charge is -2.21. The van der Waals surface area contributed by atoms with E-state index in [1.54, 1.807) is 0 Å². The van der Waals surface area contributed by atoms with Gasteiger partial charge in [0.2, 0.25) is 0 Å². The number of ether oxygens (including phenoxy) is 1. The average Bonchev–Trinajstić information content (AvgIpc) is 3.09. The van der Waals surface area contributed by atoms with Crippen LogP contribution in [-0.2, 0) is 6.42 Å². The quantitative estimate of drug-likeness (QED) is 0.293. The third kappa shape index (κ3) is 4.58. The summed E-state index contributed by atoms with van der Waals surface area (Å²) in [4.78, 5) is 0. The van der Waals surface area contributed by atoms with Crippen molar-refractivity contribution in [3.05, 3.63) is 95.6 Å². The number of aryl methyl sites for hydroxylation is 1. The van der Waals surface area contributed by atoms with Gasteiger partial charge < -0.3 is 4.74 Å². The molecule has 0 radical (unpaired) electrons. The first-order chi connectivity index (χ1) is 15.8. The van der Waals surface area contributed by atoms with E-state index in [1.165, 1.54) is 76.8 Å². The molecule has 1 saturated carbocycles. The number of benzene rings is 4. The largest absolute Gasteiger partial charge is 0.489 e. The van der Waals surface area contributed by atoms with Crippen molar-refractivity contribution in [2.45, 2.75) is 58.0 Å². The van der Waals surface area contributed by atoms with Crippen LogP contribution in [0, 0.1) is 6.92 Å². The third-order valence-electron chi connectivity index (χ3n) is 6.79. The molecule has 0 N–H and O–H groups in total. The second-order valence-corrected chi connectivity index (χ2v) is 9.18.